The summed E-state index contributed by atoms with van der Waals surface area (Å²) in [4.78, 5) is 0. The van der Waals surface area contributed by atoms with Crippen molar-refractivity contribution in [3.8, 4) is 0 Å². The van der Waals surface area contributed by atoms with Crippen molar-refractivity contribution in [2.24, 2.45) is 0 Å². The molecule has 0 fully saturated rings. The Kier molecular flexibility index (Phi) is 2.76. The summed E-state index contributed by atoms with van der Waals surface area (Å²) in [5, 5.41) is 9.89. The van der Waals surface area contributed by atoms with Gasteiger partial charge in [-0.1, -0.05) is 0 Å². The first-order valence-corrected chi connectivity index (χ1v) is 8.86. The van der Waals surface area contributed by atoms with E-state index >= 15 is 0 Å². The summed E-state index contributed by atoms with van der Waals surface area (Å²) in [6, 6.07) is 18.1. The van der Waals surface area contributed by atoms with Gasteiger partial charge >= 0.3 is 9.52 Å². The molecule has 0 amide bonds. The quantitative estimate of drug-likeness (QED) is 0.494. The molecule has 4 rings (SSSR count). The van der Waals surface area contributed by atoms with E-state index in [0.29, 0.717) is 0 Å². The Morgan fingerprint density at radius 2 is 1.16 bits per heavy atom. The largest absolute Gasteiger partial charge is 0.567 e. The molecule has 0 bridgehead atoms. The maximum atomic E-state index is 2.32. The van der Waals surface area contributed by atoms with Gasteiger partial charge in [-0.2, -0.15) is 0 Å². The van der Waals surface area contributed by atoms with Crippen LogP contribution >= 0.6 is 22.7 Å². The van der Waals surface area contributed by atoms with Crippen LogP contribution in [0.1, 0.15) is 0 Å². The van der Waals surface area contributed by atoms with Crippen molar-refractivity contribution in [1.29, 1.82) is 0 Å². The van der Waals surface area contributed by atoms with Crippen LogP contribution in [0.25, 0.3) is 20.2 Å². The minimum absolute atomic E-state index is 0.738. The first-order chi connectivity index (χ1) is 9.38. The molecule has 0 N–H and O–H groups in total. The third-order valence-corrected chi connectivity index (χ3v) is 6.19. The molecule has 0 nitrogen and oxygen atoms in total. The smallest absolute Gasteiger partial charge is 0.144 e. The SMILES string of the molecule is c1cc2cc([Si+]c3ccc4sccc4c3)ccc2s1. The van der Waals surface area contributed by atoms with Crippen LogP contribution in [-0.2, 0) is 0 Å². The number of rotatable bonds is 2. The third kappa shape index (κ3) is 2.14. The molecule has 0 saturated heterocycles. The summed E-state index contributed by atoms with van der Waals surface area (Å²) in [7, 11) is 0.738. The molecule has 0 saturated carbocycles. The van der Waals surface area contributed by atoms with Gasteiger partial charge in [0.05, 0.1) is 0 Å². The van der Waals surface area contributed by atoms with Crippen LogP contribution in [-0.4, -0.2) is 9.52 Å². The van der Waals surface area contributed by atoms with Gasteiger partial charge in [-0.25, -0.2) is 0 Å². The zero-order valence-corrected chi connectivity index (χ0v) is 12.7. The van der Waals surface area contributed by atoms with Crippen LogP contribution in [0.4, 0.5) is 0 Å². The van der Waals surface area contributed by atoms with Gasteiger partial charge in [-0.05, 0) is 70.1 Å². The lowest BCUT2D eigenvalue weighted by Gasteiger charge is -1.91. The van der Waals surface area contributed by atoms with Crippen molar-refractivity contribution >= 4 is 62.7 Å². The van der Waals surface area contributed by atoms with E-state index in [2.05, 4.69) is 59.3 Å². The highest BCUT2D eigenvalue weighted by Gasteiger charge is 2.19. The van der Waals surface area contributed by atoms with Crippen LogP contribution < -0.4 is 10.4 Å². The highest BCUT2D eigenvalue weighted by Crippen LogP contribution is 2.19. The van der Waals surface area contributed by atoms with Crippen molar-refractivity contribution in [2.75, 3.05) is 0 Å². The predicted octanol–water partition coefficient (Wildman–Crippen LogP) is 3.77. The summed E-state index contributed by atoms with van der Waals surface area (Å²) in [6.07, 6.45) is 0. The van der Waals surface area contributed by atoms with Crippen LogP contribution in [0, 0.1) is 0 Å². The summed E-state index contributed by atoms with van der Waals surface area (Å²) < 4.78 is 2.75. The fourth-order valence-corrected chi connectivity index (χ4v) is 4.92. The molecule has 2 aromatic carbocycles. The molecule has 89 valence electrons. The minimum Gasteiger partial charge on any atom is -0.144 e. The maximum Gasteiger partial charge on any atom is 0.567 e. The fraction of sp³-hybridized carbons (Fsp3) is 0. The topological polar surface area (TPSA) is 0 Å². The van der Waals surface area contributed by atoms with E-state index in [9.17, 15) is 0 Å². The highest BCUT2D eigenvalue weighted by molar-refractivity contribution is 7.17. The van der Waals surface area contributed by atoms with Gasteiger partial charge in [-0.15, -0.1) is 22.7 Å². The number of hydrogen-bond donors (Lipinski definition) is 0. The first kappa shape index (κ1) is 11.4. The van der Waals surface area contributed by atoms with Crippen molar-refractivity contribution in [3.63, 3.8) is 0 Å². The lowest BCUT2D eigenvalue weighted by molar-refractivity contribution is 1.90. The van der Waals surface area contributed by atoms with E-state index in [1.807, 2.05) is 22.7 Å². The molecule has 0 atom stereocenters. The van der Waals surface area contributed by atoms with E-state index in [-0.39, 0.29) is 0 Å². The van der Waals surface area contributed by atoms with Gasteiger partial charge in [0.1, 0.15) is 10.4 Å². The Hall–Kier alpha value is -1.42. The Morgan fingerprint density at radius 3 is 1.68 bits per heavy atom. The van der Waals surface area contributed by atoms with Gasteiger partial charge in [0.25, 0.3) is 0 Å². The Morgan fingerprint density at radius 1 is 0.632 bits per heavy atom. The molecule has 2 aromatic heterocycles. The Labute approximate surface area is 122 Å². The maximum absolute atomic E-state index is 2.32. The number of thiophene rings is 2. The van der Waals surface area contributed by atoms with Crippen LogP contribution in [0.5, 0.6) is 0 Å². The van der Waals surface area contributed by atoms with E-state index in [0.717, 1.165) is 9.52 Å². The van der Waals surface area contributed by atoms with Gasteiger partial charge in [0, 0.05) is 9.40 Å². The summed E-state index contributed by atoms with van der Waals surface area (Å²) in [5.41, 5.74) is 0. The molecule has 1 radical (unpaired) electrons. The van der Waals surface area contributed by atoms with Gasteiger partial charge < -0.3 is 0 Å². The molecule has 2 heterocycles. The molecule has 3 heteroatoms. The summed E-state index contributed by atoms with van der Waals surface area (Å²) in [6.45, 7) is 0. The van der Waals surface area contributed by atoms with Crippen LogP contribution in [0.2, 0.25) is 0 Å². The predicted molar refractivity (Wildman–Crippen MR) is 88.7 cm³/mol. The molecular weight excluding hydrogens is 284 g/mol. The third-order valence-electron chi connectivity index (χ3n) is 3.19. The van der Waals surface area contributed by atoms with E-state index in [1.54, 1.807) is 0 Å². The van der Waals surface area contributed by atoms with Crippen LogP contribution in [0.15, 0.2) is 59.3 Å². The van der Waals surface area contributed by atoms with Crippen molar-refractivity contribution in [3.05, 3.63) is 59.3 Å². The second kappa shape index (κ2) is 4.60. The van der Waals surface area contributed by atoms with Crippen LogP contribution in [0.3, 0.4) is 0 Å². The molecule has 19 heavy (non-hydrogen) atoms. The lowest BCUT2D eigenvalue weighted by Crippen LogP contribution is -2.26. The Balaban J connectivity index is 1.72. The van der Waals surface area contributed by atoms with Gasteiger partial charge in [-0.3, -0.25) is 0 Å². The second-order valence-corrected chi connectivity index (χ2v) is 7.77. The molecular formula is C16H10S2Si+. The molecule has 4 aromatic rings. The van der Waals surface area contributed by atoms with E-state index in [4.69, 9.17) is 0 Å². The summed E-state index contributed by atoms with van der Waals surface area (Å²) in [5.74, 6) is 0. The second-order valence-electron chi connectivity index (χ2n) is 4.47. The molecule has 0 aliphatic heterocycles. The van der Waals surface area contributed by atoms with Gasteiger partial charge in [0.15, 0.2) is 0 Å². The minimum atomic E-state index is 0.738. The first-order valence-electron chi connectivity index (χ1n) is 6.10. The molecule has 0 aliphatic rings. The summed E-state index contributed by atoms with van der Waals surface area (Å²) >= 11 is 3.62. The standard InChI is InChI=1S/C16H10S2Si/c1-3-15-11(5-7-17-15)9-13(1)19-14-2-4-16-12(10-14)6-8-18-16/h1-10H/q+1. The molecule has 0 aliphatic carbocycles. The van der Waals surface area contributed by atoms with Crippen molar-refractivity contribution in [2.45, 2.75) is 0 Å². The Bertz CT molecular complexity index is 785. The zero-order chi connectivity index (χ0) is 12.7. The highest BCUT2D eigenvalue weighted by atomic mass is 32.1. The normalized spacial score (nSPS) is 11.2. The zero-order valence-electron chi connectivity index (χ0n) is 10.1. The van der Waals surface area contributed by atoms with Gasteiger partial charge in [0.2, 0.25) is 0 Å². The van der Waals surface area contributed by atoms with E-state index < -0.39 is 0 Å². The average molecular weight is 294 g/mol. The number of fused-ring (bicyclic) bond motifs is 2. The number of hydrogen-bond acceptors (Lipinski definition) is 2. The monoisotopic (exact) mass is 294 g/mol. The van der Waals surface area contributed by atoms with E-state index in [1.165, 1.54) is 30.5 Å². The molecule has 0 unspecified atom stereocenters. The number of benzene rings is 2. The fourth-order valence-electron chi connectivity index (χ4n) is 2.26. The lowest BCUT2D eigenvalue weighted by atomic mass is 10.3. The average Bonchev–Trinajstić information content (AvgIpc) is 3.05. The molecule has 0 spiro atoms. The van der Waals surface area contributed by atoms with Crippen molar-refractivity contribution < 1.29 is 0 Å². The van der Waals surface area contributed by atoms with Crippen molar-refractivity contribution in [1.82, 2.24) is 0 Å².